The summed E-state index contributed by atoms with van der Waals surface area (Å²) in [6.07, 6.45) is 7.39. The number of nitrogens with zero attached hydrogens (tertiary/aromatic N) is 3. The summed E-state index contributed by atoms with van der Waals surface area (Å²) in [7, 11) is 4.23. The zero-order valence-corrected chi connectivity index (χ0v) is 13.0. The molecule has 0 amide bonds. The van der Waals surface area contributed by atoms with Gasteiger partial charge in [0.05, 0.1) is 12.7 Å². The van der Waals surface area contributed by atoms with Crippen molar-refractivity contribution < 1.29 is 4.74 Å². The summed E-state index contributed by atoms with van der Waals surface area (Å²) in [6, 6.07) is 0.411. The first-order valence-corrected chi connectivity index (χ1v) is 7.70. The third-order valence-corrected chi connectivity index (χ3v) is 4.00. The quantitative estimate of drug-likeness (QED) is 0.811. The highest BCUT2D eigenvalue weighted by Gasteiger charge is 2.26. The van der Waals surface area contributed by atoms with Gasteiger partial charge in [-0.1, -0.05) is 6.92 Å². The lowest BCUT2D eigenvalue weighted by molar-refractivity contribution is -0.0398. The van der Waals surface area contributed by atoms with Crippen LogP contribution in [0.1, 0.15) is 25.6 Å². The highest BCUT2D eigenvalue weighted by atomic mass is 16.5. The zero-order chi connectivity index (χ0) is 14.4. The number of likely N-dealkylation sites (N-methyl/N-ethyl adjacent to an activating group) is 1. The van der Waals surface area contributed by atoms with E-state index in [0.29, 0.717) is 12.1 Å². The Kier molecular flexibility index (Phi) is 6.01. The molecule has 1 N–H and O–H groups in total. The molecule has 0 spiro atoms. The van der Waals surface area contributed by atoms with Crippen LogP contribution < -0.4 is 5.32 Å². The molecule has 0 saturated carbocycles. The van der Waals surface area contributed by atoms with Crippen molar-refractivity contribution >= 4 is 0 Å². The molecule has 1 aliphatic heterocycles. The van der Waals surface area contributed by atoms with Gasteiger partial charge in [0.25, 0.3) is 0 Å². The summed E-state index contributed by atoms with van der Waals surface area (Å²) in [5, 5.41) is 3.65. The Bertz CT molecular complexity index is 393. The molecule has 1 saturated heterocycles. The van der Waals surface area contributed by atoms with E-state index in [2.05, 4.69) is 40.8 Å². The first-order valence-electron chi connectivity index (χ1n) is 7.70. The average Bonchev–Trinajstić information content (AvgIpc) is 2.84. The molecule has 1 aliphatic rings. The van der Waals surface area contributed by atoms with Crippen molar-refractivity contribution in [3.8, 4) is 0 Å². The molecule has 2 rings (SSSR count). The minimum absolute atomic E-state index is 0.292. The van der Waals surface area contributed by atoms with E-state index in [1.54, 1.807) is 0 Å². The summed E-state index contributed by atoms with van der Waals surface area (Å²) in [5.74, 6) is 1.15. The van der Waals surface area contributed by atoms with Gasteiger partial charge in [-0.05, 0) is 26.4 Å². The molecule has 2 unspecified atom stereocenters. The molecule has 0 radical (unpaired) electrons. The van der Waals surface area contributed by atoms with Crippen LogP contribution in [0.15, 0.2) is 12.4 Å². The van der Waals surface area contributed by atoms with Crippen LogP contribution in [0.25, 0.3) is 0 Å². The molecule has 20 heavy (non-hydrogen) atoms. The van der Waals surface area contributed by atoms with E-state index >= 15 is 0 Å². The largest absolute Gasteiger partial charge is 0.374 e. The van der Waals surface area contributed by atoms with Gasteiger partial charge < -0.3 is 19.5 Å². The highest BCUT2D eigenvalue weighted by Crippen LogP contribution is 2.13. The summed E-state index contributed by atoms with van der Waals surface area (Å²) < 4.78 is 8.08. The average molecular weight is 280 g/mol. The van der Waals surface area contributed by atoms with Crippen LogP contribution in [-0.2, 0) is 18.2 Å². The van der Waals surface area contributed by atoms with Gasteiger partial charge >= 0.3 is 0 Å². The van der Waals surface area contributed by atoms with Gasteiger partial charge in [0.2, 0.25) is 0 Å². The smallest absolute Gasteiger partial charge is 0.108 e. The van der Waals surface area contributed by atoms with Gasteiger partial charge in [0.1, 0.15) is 5.82 Å². The van der Waals surface area contributed by atoms with Crippen LogP contribution in [0.5, 0.6) is 0 Å². The fourth-order valence-corrected chi connectivity index (χ4v) is 2.73. The molecule has 0 aromatic carbocycles. The second-order valence-electron chi connectivity index (χ2n) is 5.73. The van der Waals surface area contributed by atoms with Crippen LogP contribution >= 0.6 is 0 Å². The Morgan fingerprint density at radius 2 is 2.35 bits per heavy atom. The fraction of sp³-hybridized carbons (Fsp3) is 0.800. The van der Waals surface area contributed by atoms with E-state index in [4.69, 9.17) is 4.74 Å². The fourth-order valence-electron chi connectivity index (χ4n) is 2.73. The van der Waals surface area contributed by atoms with Gasteiger partial charge in [-0.2, -0.15) is 0 Å². The molecular weight excluding hydrogens is 252 g/mol. The first-order chi connectivity index (χ1) is 9.70. The van der Waals surface area contributed by atoms with E-state index in [9.17, 15) is 0 Å². The predicted molar refractivity (Wildman–Crippen MR) is 80.8 cm³/mol. The summed E-state index contributed by atoms with van der Waals surface area (Å²) >= 11 is 0. The second kappa shape index (κ2) is 7.76. The standard InChI is InChI=1S/C15H28N4O/c1-4-7-16-13(14-12-18(2)10-11-20-14)5-6-15-17-8-9-19(15)3/h8-9,13-14,16H,4-7,10-12H2,1-3H3. The van der Waals surface area contributed by atoms with Gasteiger partial charge in [-0.15, -0.1) is 0 Å². The number of imidazole rings is 1. The van der Waals surface area contributed by atoms with E-state index in [1.807, 2.05) is 12.4 Å². The maximum Gasteiger partial charge on any atom is 0.108 e. The Morgan fingerprint density at radius 3 is 3.00 bits per heavy atom. The Hall–Kier alpha value is -0.910. The Morgan fingerprint density at radius 1 is 1.50 bits per heavy atom. The van der Waals surface area contributed by atoms with Crippen LogP contribution in [0.4, 0.5) is 0 Å². The topological polar surface area (TPSA) is 42.3 Å². The van der Waals surface area contributed by atoms with E-state index in [0.717, 1.165) is 51.3 Å². The lowest BCUT2D eigenvalue weighted by Gasteiger charge is -2.35. The third kappa shape index (κ3) is 4.30. The van der Waals surface area contributed by atoms with Gasteiger partial charge in [0, 0.05) is 45.0 Å². The Labute approximate surface area is 122 Å². The molecule has 114 valence electrons. The number of rotatable bonds is 7. The lowest BCUT2D eigenvalue weighted by Crippen LogP contribution is -2.51. The number of hydrogen-bond acceptors (Lipinski definition) is 4. The zero-order valence-electron chi connectivity index (χ0n) is 13.0. The third-order valence-electron chi connectivity index (χ3n) is 4.00. The van der Waals surface area contributed by atoms with E-state index < -0.39 is 0 Å². The highest BCUT2D eigenvalue weighted by molar-refractivity contribution is 4.93. The van der Waals surface area contributed by atoms with Gasteiger partial charge in [-0.25, -0.2) is 4.98 Å². The molecule has 2 atom stereocenters. The molecule has 1 aromatic heterocycles. The monoisotopic (exact) mass is 280 g/mol. The van der Waals surface area contributed by atoms with Crippen LogP contribution in [0.3, 0.4) is 0 Å². The molecule has 1 fully saturated rings. The SMILES string of the molecule is CCCNC(CCc1nccn1C)C1CN(C)CCO1. The first kappa shape index (κ1) is 15.5. The lowest BCUT2D eigenvalue weighted by atomic mass is 10.0. The van der Waals surface area contributed by atoms with Crippen molar-refractivity contribution in [2.24, 2.45) is 7.05 Å². The molecule has 5 nitrogen and oxygen atoms in total. The Balaban J connectivity index is 1.90. The molecule has 0 aliphatic carbocycles. The molecule has 2 heterocycles. The number of aryl methyl sites for hydroxylation is 2. The molecule has 1 aromatic rings. The summed E-state index contributed by atoms with van der Waals surface area (Å²) in [5.41, 5.74) is 0. The molecule has 0 bridgehead atoms. The van der Waals surface area contributed by atoms with Crippen molar-refractivity contribution in [2.45, 2.75) is 38.3 Å². The number of morpholine rings is 1. The second-order valence-corrected chi connectivity index (χ2v) is 5.73. The van der Waals surface area contributed by atoms with Crippen molar-refractivity contribution in [3.05, 3.63) is 18.2 Å². The maximum atomic E-state index is 5.98. The van der Waals surface area contributed by atoms with Crippen molar-refractivity contribution in [1.82, 2.24) is 19.8 Å². The van der Waals surface area contributed by atoms with Gasteiger partial charge in [0.15, 0.2) is 0 Å². The number of ether oxygens (including phenoxy) is 1. The van der Waals surface area contributed by atoms with E-state index in [1.165, 1.54) is 0 Å². The minimum Gasteiger partial charge on any atom is -0.374 e. The summed E-state index contributed by atoms with van der Waals surface area (Å²) in [6.45, 7) is 6.15. The van der Waals surface area contributed by atoms with Crippen molar-refractivity contribution in [3.63, 3.8) is 0 Å². The van der Waals surface area contributed by atoms with Crippen LogP contribution in [0.2, 0.25) is 0 Å². The number of nitrogens with one attached hydrogen (secondary N) is 1. The van der Waals surface area contributed by atoms with Crippen molar-refractivity contribution in [2.75, 3.05) is 33.3 Å². The number of aromatic nitrogens is 2. The summed E-state index contributed by atoms with van der Waals surface area (Å²) in [4.78, 5) is 6.77. The van der Waals surface area contributed by atoms with Crippen LogP contribution in [-0.4, -0.2) is 59.9 Å². The normalized spacial score (nSPS) is 22.1. The number of hydrogen-bond donors (Lipinski definition) is 1. The molecule has 5 heteroatoms. The minimum atomic E-state index is 0.292. The van der Waals surface area contributed by atoms with Crippen molar-refractivity contribution in [1.29, 1.82) is 0 Å². The van der Waals surface area contributed by atoms with Gasteiger partial charge in [-0.3, -0.25) is 0 Å². The molecular formula is C15H28N4O. The van der Waals surface area contributed by atoms with Crippen LogP contribution in [0, 0.1) is 0 Å². The maximum absolute atomic E-state index is 5.98. The van der Waals surface area contributed by atoms with E-state index in [-0.39, 0.29) is 0 Å². The predicted octanol–water partition coefficient (Wildman–Crippen LogP) is 1.05.